The van der Waals surface area contributed by atoms with Gasteiger partial charge in [-0.2, -0.15) is 0 Å². The van der Waals surface area contributed by atoms with Gasteiger partial charge in [0.2, 0.25) is 5.91 Å². The smallest absolute Gasteiger partial charge is 0.244 e. The number of guanidine groups is 1. The van der Waals surface area contributed by atoms with E-state index >= 15 is 0 Å². The van der Waals surface area contributed by atoms with Gasteiger partial charge in [-0.3, -0.25) is 4.79 Å². The van der Waals surface area contributed by atoms with Crippen LogP contribution in [0, 0.1) is 13.8 Å². The highest BCUT2D eigenvalue weighted by atomic mass is 16.3. The number of aliphatic imine (C=N–C) groups is 1. The Balaban J connectivity index is 1.96. The molecule has 146 valence electrons. The summed E-state index contributed by atoms with van der Waals surface area (Å²) in [6.45, 7) is 10.1. The monoisotopic (exact) mass is 364 g/mol. The molecule has 0 radical (unpaired) electrons. The van der Waals surface area contributed by atoms with Crippen LogP contribution in [-0.2, 0) is 10.4 Å². The number of likely N-dealkylation sites (tertiary alicyclic amines) is 1. The van der Waals surface area contributed by atoms with Crippen molar-refractivity contribution in [2.45, 2.75) is 52.6 Å². The summed E-state index contributed by atoms with van der Waals surface area (Å²) in [7, 11) is 0. The minimum Gasteiger partial charge on any atom is -0.466 e. The lowest BCUT2D eigenvalue weighted by molar-refractivity contribution is -0.130. The van der Waals surface area contributed by atoms with E-state index in [1.165, 1.54) is 6.42 Å². The van der Waals surface area contributed by atoms with Crippen molar-refractivity contribution in [3.8, 4) is 0 Å². The van der Waals surface area contributed by atoms with Crippen molar-refractivity contribution in [2.24, 2.45) is 4.99 Å². The fraction of sp³-hybridized carbons (Fsp3) is 0.684. The summed E-state index contributed by atoms with van der Waals surface area (Å²) >= 11 is 0. The van der Waals surface area contributed by atoms with Gasteiger partial charge in [0.15, 0.2) is 5.96 Å². The molecule has 1 amide bonds. The largest absolute Gasteiger partial charge is 0.466 e. The van der Waals surface area contributed by atoms with Crippen molar-refractivity contribution in [3.05, 3.63) is 23.2 Å². The summed E-state index contributed by atoms with van der Waals surface area (Å²) in [5, 5.41) is 17.0. The zero-order chi connectivity index (χ0) is 19.2. The van der Waals surface area contributed by atoms with Crippen molar-refractivity contribution in [2.75, 3.05) is 32.7 Å². The number of rotatable bonds is 6. The van der Waals surface area contributed by atoms with Crippen molar-refractivity contribution >= 4 is 11.9 Å². The highest BCUT2D eigenvalue weighted by molar-refractivity contribution is 5.85. The lowest BCUT2D eigenvalue weighted by Crippen LogP contribution is -2.45. The number of carbonyl (C=O) groups excluding carboxylic acids is 1. The van der Waals surface area contributed by atoms with Crippen LogP contribution in [0.15, 0.2) is 15.5 Å². The number of hydrogen-bond donors (Lipinski definition) is 3. The Kier molecular flexibility index (Phi) is 7.08. The first-order valence-corrected chi connectivity index (χ1v) is 9.43. The molecule has 0 aliphatic carbocycles. The second-order valence-electron chi connectivity index (χ2n) is 7.09. The Morgan fingerprint density at radius 2 is 2.00 bits per heavy atom. The summed E-state index contributed by atoms with van der Waals surface area (Å²) in [6.07, 6.45) is 3.33. The average molecular weight is 364 g/mol. The number of hydrogen-bond acceptors (Lipinski definition) is 4. The molecular formula is C19H32N4O3. The first-order chi connectivity index (χ1) is 12.3. The third kappa shape index (κ3) is 5.49. The molecule has 0 aromatic carbocycles. The second kappa shape index (κ2) is 9.07. The quantitative estimate of drug-likeness (QED) is 0.528. The highest BCUT2D eigenvalue weighted by Gasteiger charge is 2.28. The van der Waals surface area contributed by atoms with Crippen LogP contribution in [0.1, 0.15) is 50.2 Å². The molecule has 1 aromatic heterocycles. The summed E-state index contributed by atoms with van der Waals surface area (Å²) in [6, 6.07) is 1.85. The molecule has 26 heavy (non-hydrogen) atoms. The minimum absolute atomic E-state index is 0.0509. The number of nitrogens with zero attached hydrogens (tertiary/aromatic N) is 2. The average Bonchev–Trinajstić information content (AvgIpc) is 2.97. The maximum Gasteiger partial charge on any atom is 0.244 e. The first kappa shape index (κ1) is 20.3. The van der Waals surface area contributed by atoms with Crippen LogP contribution in [0.5, 0.6) is 0 Å². The van der Waals surface area contributed by atoms with Gasteiger partial charge in [-0.15, -0.1) is 0 Å². The predicted molar refractivity (Wildman–Crippen MR) is 102 cm³/mol. The maximum absolute atomic E-state index is 12.3. The molecule has 1 unspecified atom stereocenters. The second-order valence-corrected chi connectivity index (χ2v) is 7.09. The molecule has 0 bridgehead atoms. The number of nitrogens with one attached hydrogen (secondary N) is 2. The molecule has 0 spiro atoms. The summed E-state index contributed by atoms with van der Waals surface area (Å²) in [5.41, 5.74) is -0.350. The van der Waals surface area contributed by atoms with E-state index in [9.17, 15) is 9.90 Å². The molecule has 1 atom stereocenters. The van der Waals surface area contributed by atoms with E-state index in [-0.39, 0.29) is 19.0 Å². The normalized spacial score (nSPS) is 17.7. The SMILES string of the molecule is CCNC(=NCC(=O)N1CCCCC1)NCC(C)(O)c1cc(C)oc1C. The molecule has 1 aliphatic heterocycles. The van der Waals surface area contributed by atoms with Gasteiger partial charge in [-0.25, -0.2) is 4.99 Å². The fourth-order valence-corrected chi connectivity index (χ4v) is 3.25. The third-order valence-corrected chi connectivity index (χ3v) is 4.65. The number of aryl methyl sites for hydroxylation is 2. The van der Waals surface area contributed by atoms with Crippen molar-refractivity contribution in [1.82, 2.24) is 15.5 Å². The summed E-state index contributed by atoms with van der Waals surface area (Å²) < 4.78 is 5.52. The molecule has 1 saturated heterocycles. The van der Waals surface area contributed by atoms with Crippen LogP contribution in [0.4, 0.5) is 0 Å². The van der Waals surface area contributed by atoms with E-state index in [1.54, 1.807) is 6.92 Å². The van der Waals surface area contributed by atoms with Gasteiger partial charge in [0.25, 0.3) is 0 Å². The zero-order valence-corrected chi connectivity index (χ0v) is 16.4. The van der Waals surface area contributed by atoms with Gasteiger partial charge in [-0.1, -0.05) is 0 Å². The number of aliphatic hydroxyl groups is 1. The van der Waals surface area contributed by atoms with Crippen molar-refractivity contribution in [3.63, 3.8) is 0 Å². The molecule has 3 N–H and O–H groups in total. The van der Waals surface area contributed by atoms with Gasteiger partial charge in [0.05, 0.1) is 6.54 Å². The maximum atomic E-state index is 12.3. The summed E-state index contributed by atoms with van der Waals surface area (Å²) in [5.74, 6) is 2.05. The molecule has 7 nitrogen and oxygen atoms in total. The van der Waals surface area contributed by atoms with Crippen LogP contribution >= 0.6 is 0 Å². The van der Waals surface area contributed by atoms with E-state index in [0.717, 1.165) is 37.3 Å². The van der Waals surface area contributed by atoms with E-state index < -0.39 is 5.60 Å². The minimum atomic E-state index is -1.10. The van der Waals surface area contributed by atoms with E-state index in [4.69, 9.17) is 4.42 Å². The molecular weight excluding hydrogens is 332 g/mol. The number of carbonyl (C=O) groups is 1. The lowest BCUT2D eigenvalue weighted by atomic mass is 9.96. The molecule has 2 heterocycles. The lowest BCUT2D eigenvalue weighted by Gasteiger charge is -2.26. The van der Waals surface area contributed by atoms with E-state index in [0.29, 0.717) is 18.3 Å². The number of amides is 1. The van der Waals surface area contributed by atoms with Crippen molar-refractivity contribution < 1.29 is 14.3 Å². The van der Waals surface area contributed by atoms with E-state index in [2.05, 4.69) is 15.6 Å². The van der Waals surface area contributed by atoms with Gasteiger partial charge >= 0.3 is 0 Å². The fourth-order valence-electron chi connectivity index (χ4n) is 3.25. The standard InChI is InChI=1S/C19H32N4O3/c1-5-20-18(21-12-17(24)23-9-7-6-8-10-23)22-13-19(4,25)16-11-14(2)26-15(16)3/h11,25H,5-10,12-13H2,1-4H3,(H2,20,21,22). The van der Waals surface area contributed by atoms with Gasteiger partial charge in [0.1, 0.15) is 23.7 Å². The highest BCUT2D eigenvalue weighted by Crippen LogP contribution is 2.26. The van der Waals surface area contributed by atoms with Crippen LogP contribution in [-0.4, -0.2) is 54.6 Å². The Labute approximate surface area is 155 Å². The molecule has 1 aromatic rings. The molecule has 1 fully saturated rings. The van der Waals surface area contributed by atoms with Crippen LogP contribution in [0.25, 0.3) is 0 Å². The third-order valence-electron chi connectivity index (χ3n) is 4.65. The van der Waals surface area contributed by atoms with Gasteiger partial charge in [0, 0.05) is 25.2 Å². The molecule has 0 saturated carbocycles. The van der Waals surface area contributed by atoms with Gasteiger partial charge < -0.3 is 25.1 Å². The summed E-state index contributed by atoms with van der Waals surface area (Å²) in [4.78, 5) is 18.5. The van der Waals surface area contributed by atoms with E-state index in [1.807, 2.05) is 31.7 Å². The first-order valence-electron chi connectivity index (χ1n) is 9.43. The molecule has 1 aliphatic rings. The van der Waals surface area contributed by atoms with Crippen molar-refractivity contribution in [1.29, 1.82) is 0 Å². The number of piperidine rings is 1. The predicted octanol–water partition coefficient (Wildman–Crippen LogP) is 1.67. The molecule has 7 heteroatoms. The Hall–Kier alpha value is -2.02. The molecule has 2 rings (SSSR count). The van der Waals surface area contributed by atoms with Gasteiger partial charge in [-0.05, 0) is 53.0 Å². The Morgan fingerprint density at radius 3 is 2.58 bits per heavy atom. The van der Waals surface area contributed by atoms with Crippen LogP contribution in [0.2, 0.25) is 0 Å². The zero-order valence-electron chi connectivity index (χ0n) is 16.4. The van der Waals surface area contributed by atoms with Crippen LogP contribution in [0.3, 0.4) is 0 Å². The van der Waals surface area contributed by atoms with Crippen LogP contribution < -0.4 is 10.6 Å². The Bertz CT molecular complexity index is 631. The Morgan fingerprint density at radius 1 is 1.31 bits per heavy atom. The number of furan rings is 1. The topological polar surface area (TPSA) is 90.1 Å².